The zero-order chi connectivity index (χ0) is 35.6. The Bertz CT molecular complexity index is 1630. The molecule has 0 N–H and O–H groups in total. The monoisotopic (exact) mass is 732 g/mol. The van der Waals surface area contributed by atoms with Crippen LogP contribution in [0.2, 0.25) is 0 Å². The summed E-state index contributed by atoms with van der Waals surface area (Å²) in [4.78, 5) is 0. The van der Waals surface area contributed by atoms with Gasteiger partial charge in [0.05, 0.1) is 0 Å². The van der Waals surface area contributed by atoms with Gasteiger partial charge < -0.3 is 75.8 Å². The van der Waals surface area contributed by atoms with Crippen LogP contribution in [-0.4, -0.2) is 104 Å². The predicted molar refractivity (Wildman–Crippen MR) is 175 cm³/mol. The van der Waals surface area contributed by atoms with Gasteiger partial charge in [0, 0.05) is 53.9 Å². The molecule has 0 radical (unpaired) electrons. The maximum Gasteiger partial charge on any atom is 0.215 e. The molecule has 4 saturated heterocycles. The Balaban J connectivity index is 1.11. The number of allylic oxidation sites excluding steroid dienone is 3. The third-order valence-corrected chi connectivity index (χ3v) is 8.80. The molecule has 0 aromatic heterocycles. The first-order valence-corrected chi connectivity index (χ1v) is 17.7. The van der Waals surface area contributed by atoms with Gasteiger partial charge in [0.2, 0.25) is 50.3 Å². The van der Waals surface area contributed by atoms with Gasteiger partial charge in [-0.1, -0.05) is 30.4 Å². The molecule has 2 aliphatic carbocycles. The maximum atomic E-state index is 6.44. The summed E-state index contributed by atoms with van der Waals surface area (Å²) in [6, 6.07) is 5.88. The van der Waals surface area contributed by atoms with Crippen LogP contribution in [0, 0.1) is 0 Å². The molecular weight excluding hydrogens is 688 g/mol. The average molecular weight is 733 g/mol. The van der Waals surface area contributed by atoms with Crippen LogP contribution in [0.4, 0.5) is 0 Å². The second-order valence-electron chi connectivity index (χ2n) is 12.1. The molecule has 6 aliphatic rings. The van der Waals surface area contributed by atoms with E-state index in [0.29, 0.717) is 50.1 Å². The molecule has 0 bridgehead atoms. The minimum Gasteiger partial charge on any atom is -0.468 e. The van der Waals surface area contributed by atoms with E-state index in [1.165, 1.54) is 0 Å². The average Bonchev–Trinajstić information content (AvgIpc) is 3.97. The Morgan fingerprint density at radius 3 is 1.62 bits per heavy atom. The van der Waals surface area contributed by atoms with Crippen molar-refractivity contribution in [2.45, 2.75) is 90.5 Å². The minimum atomic E-state index is -0.689. The van der Waals surface area contributed by atoms with Crippen LogP contribution in [0.3, 0.4) is 0 Å². The topological polar surface area (TPSA) is 161 Å². The Kier molecular flexibility index (Phi) is 11.2. The first-order valence-electron chi connectivity index (χ1n) is 17.7. The van der Waals surface area contributed by atoms with Crippen LogP contribution in [0.25, 0.3) is 16.3 Å². The highest BCUT2D eigenvalue weighted by molar-refractivity contribution is 6.07. The van der Waals surface area contributed by atoms with Crippen molar-refractivity contribution < 1.29 is 75.8 Å². The Labute approximate surface area is 300 Å². The van der Waals surface area contributed by atoms with Crippen molar-refractivity contribution in [2.24, 2.45) is 0 Å². The van der Waals surface area contributed by atoms with Crippen molar-refractivity contribution in [2.75, 3.05) is 53.6 Å². The molecule has 16 heteroatoms. The van der Waals surface area contributed by atoms with Crippen molar-refractivity contribution in [3.05, 3.63) is 52.8 Å². The number of rotatable bonds is 24. The van der Waals surface area contributed by atoms with Crippen molar-refractivity contribution >= 4 is 16.3 Å². The Morgan fingerprint density at radius 2 is 1.06 bits per heavy atom. The van der Waals surface area contributed by atoms with E-state index in [0.717, 1.165) is 33.0 Å². The van der Waals surface area contributed by atoms with E-state index in [2.05, 4.69) is 0 Å². The molecule has 52 heavy (non-hydrogen) atoms. The minimum absolute atomic E-state index is 0.0928. The molecule has 284 valence electrons. The Morgan fingerprint density at radius 1 is 0.558 bits per heavy atom. The van der Waals surface area contributed by atoms with Gasteiger partial charge in [0.15, 0.2) is 38.7 Å². The maximum absolute atomic E-state index is 6.44. The molecule has 4 fully saturated rings. The molecular formula is C36H44O16. The molecule has 2 aromatic carbocycles. The number of benzene rings is 2. The van der Waals surface area contributed by atoms with E-state index in [9.17, 15) is 0 Å². The fourth-order valence-corrected chi connectivity index (χ4v) is 6.36. The van der Waals surface area contributed by atoms with Crippen LogP contribution in [-0.2, 0) is 72.7 Å². The molecule has 16 nitrogen and oxygen atoms in total. The molecule has 9 unspecified atom stereocenters. The molecule has 4 heterocycles. The van der Waals surface area contributed by atoms with Crippen LogP contribution in [0.15, 0.2) is 36.1 Å². The normalized spacial score (nSPS) is 30.5. The lowest BCUT2D eigenvalue weighted by molar-refractivity contribution is -0.133. The molecule has 0 spiro atoms. The van der Waals surface area contributed by atoms with Crippen molar-refractivity contribution in [3.8, 4) is 11.5 Å². The van der Waals surface area contributed by atoms with Crippen molar-refractivity contribution in [3.63, 3.8) is 0 Å². The van der Waals surface area contributed by atoms with E-state index in [4.69, 9.17) is 75.8 Å². The third kappa shape index (κ3) is 7.81. The van der Waals surface area contributed by atoms with Gasteiger partial charge in [0.1, 0.15) is 11.9 Å². The summed E-state index contributed by atoms with van der Waals surface area (Å²) >= 11 is 0. The van der Waals surface area contributed by atoms with Gasteiger partial charge in [-0.3, -0.25) is 0 Å². The van der Waals surface area contributed by atoms with Gasteiger partial charge in [-0.15, -0.1) is 0 Å². The second-order valence-corrected chi connectivity index (χ2v) is 12.1. The zero-order valence-corrected chi connectivity index (χ0v) is 29.5. The summed E-state index contributed by atoms with van der Waals surface area (Å²) in [5.41, 5.74) is 3.42. The molecule has 4 aliphatic heterocycles. The van der Waals surface area contributed by atoms with Crippen LogP contribution in [0.5, 0.6) is 11.5 Å². The van der Waals surface area contributed by atoms with Crippen LogP contribution in [0.1, 0.15) is 50.5 Å². The first-order chi connectivity index (χ1) is 25.6. The van der Waals surface area contributed by atoms with Gasteiger partial charge >= 0.3 is 0 Å². The predicted octanol–water partition coefficient (Wildman–Crippen LogP) is 4.28. The van der Waals surface area contributed by atoms with Gasteiger partial charge in [-0.2, -0.15) is 0 Å². The first kappa shape index (κ1) is 36.1. The van der Waals surface area contributed by atoms with Gasteiger partial charge in [-0.25, -0.2) is 0 Å². The SMILES string of the molecule is CCOC1OC1OCOC1=C2C=CCc3c(OCOC4OC4OCC)c(OCOC4OC4OCC)c4cccc(c4c32)C1OCOC1OC1OCC. The largest absolute Gasteiger partial charge is 0.468 e. The lowest BCUT2D eigenvalue weighted by atomic mass is 9.79. The van der Waals surface area contributed by atoms with Crippen LogP contribution >= 0.6 is 0 Å². The number of hydrogen-bond acceptors (Lipinski definition) is 16. The van der Waals surface area contributed by atoms with Crippen molar-refractivity contribution in [1.29, 1.82) is 0 Å². The highest BCUT2D eigenvalue weighted by atomic mass is 16.9. The summed E-state index contributed by atoms with van der Waals surface area (Å²) in [7, 11) is 0. The van der Waals surface area contributed by atoms with E-state index in [1.54, 1.807) is 0 Å². The fourth-order valence-electron chi connectivity index (χ4n) is 6.36. The van der Waals surface area contributed by atoms with E-state index in [1.807, 2.05) is 58.0 Å². The van der Waals surface area contributed by atoms with E-state index in [-0.39, 0.29) is 27.2 Å². The molecule has 0 saturated carbocycles. The molecule has 9 atom stereocenters. The quantitative estimate of drug-likeness (QED) is 0.111. The van der Waals surface area contributed by atoms with Gasteiger partial charge in [0.25, 0.3) is 0 Å². The zero-order valence-electron chi connectivity index (χ0n) is 29.5. The third-order valence-electron chi connectivity index (χ3n) is 8.80. The smallest absolute Gasteiger partial charge is 0.215 e. The highest BCUT2D eigenvalue weighted by Crippen LogP contribution is 2.54. The lowest BCUT2D eigenvalue weighted by Crippen LogP contribution is -2.22. The summed E-state index contributed by atoms with van der Waals surface area (Å²) in [6.45, 7) is 9.19. The number of epoxide rings is 4. The summed E-state index contributed by atoms with van der Waals surface area (Å²) in [5, 5.41) is 1.68. The Hall–Kier alpha value is -2.94. The van der Waals surface area contributed by atoms with E-state index >= 15 is 0 Å². The molecule has 2 aromatic rings. The van der Waals surface area contributed by atoms with E-state index < -0.39 is 56.4 Å². The van der Waals surface area contributed by atoms with Crippen molar-refractivity contribution in [1.82, 2.24) is 0 Å². The van der Waals surface area contributed by atoms with Gasteiger partial charge in [-0.05, 0) is 39.7 Å². The standard InChI is InChI=1S/C36H44O16/c1-5-37-29-33(49-29)45-15-41-25-19-11-9-13-21-23(19)24-20(26(25)42-16-46-34-30(50-34)38-6-2)12-10-14-22(24)28(44-18-48-36-32(52-36)40-8-4)27(21)43-17-47-35-31(51-35)39-7-3/h9-13,25,29-36H,5-8,14-18H2,1-4H3. The highest BCUT2D eigenvalue weighted by Gasteiger charge is 2.45. The van der Waals surface area contributed by atoms with Crippen LogP contribution < -0.4 is 9.47 Å². The molecule has 8 rings (SSSR count). The summed E-state index contributed by atoms with van der Waals surface area (Å²) < 4.78 is 92.7. The summed E-state index contributed by atoms with van der Waals surface area (Å²) in [5.74, 6) is 1.50. The second kappa shape index (κ2) is 16.2. The molecule has 0 amide bonds. The number of ether oxygens (including phenoxy) is 16. The lowest BCUT2D eigenvalue weighted by Gasteiger charge is -2.33. The fraction of sp³-hybridized carbons (Fsp3) is 0.611. The number of hydrogen-bond donors (Lipinski definition) is 0. The summed E-state index contributed by atoms with van der Waals surface area (Å²) in [6.07, 6.45) is 0.146.